The second kappa shape index (κ2) is 11.7. The molecule has 0 spiro atoms. The Morgan fingerprint density at radius 2 is 1.29 bits per heavy atom. The summed E-state index contributed by atoms with van der Waals surface area (Å²) < 4.78 is 19.9. The highest BCUT2D eigenvalue weighted by molar-refractivity contribution is 5.88. The number of carbonyl (C=O) groups excluding carboxylic acids is 2. The molecule has 0 aliphatic rings. The number of rotatable bonds is 8. The molecule has 0 rings (SSSR count). The average Bonchev–Trinajstić information content (AvgIpc) is 2.53. The van der Waals surface area contributed by atoms with Gasteiger partial charge >= 0.3 is 18.0 Å². The fourth-order valence-corrected chi connectivity index (χ4v) is 1.07. The lowest BCUT2D eigenvalue weighted by atomic mass is 10.4. The van der Waals surface area contributed by atoms with Gasteiger partial charge in [-0.2, -0.15) is 0 Å². The van der Waals surface area contributed by atoms with Crippen LogP contribution < -0.4 is 5.73 Å². The molecule has 0 aliphatic heterocycles. The van der Waals surface area contributed by atoms with Gasteiger partial charge in [-0.25, -0.2) is 14.6 Å². The molecule has 9 heteroatoms. The second-order valence-corrected chi connectivity index (χ2v) is 4.49. The minimum atomic E-state index is -0.516. The monoisotopic (exact) mass is 341 g/mol. The molecule has 2 N–H and O–H groups in total. The predicted molar refractivity (Wildman–Crippen MR) is 88.4 cm³/mol. The Balaban J connectivity index is 4.08. The molecule has 0 amide bonds. The first-order valence-corrected chi connectivity index (χ1v) is 6.99. The van der Waals surface area contributed by atoms with Gasteiger partial charge in [-0.1, -0.05) is 13.2 Å². The zero-order valence-corrected chi connectivity index (χ0v) is 14.2. The van der Waals surface area contributed by atoms with Crippen LogP contribution in [0.3, 0.4) is 0 Å². The molecule has 0 atom stereocenters. The number of amidine groups is 2. The maximum absolute atomic E-state index is 11.2. The number of carbonyl (C=O) groups is 2. The normalized spacial score (nSPS) is 11.5. The number of aliphatic imine (C=N–C) groups is 2. The number of hydrogen-bond donors (Lipinski definition) is 1. The maximum atomic E-state index is 11.2. The zero-order chi connectivity index (χ0) is 18.5. The lowest BCUT2D eigenvalue weighted by molar-refractivity contribution is -0.140. The molecule has 0 fully saturated rings. The van der Waals surface area contributed by atoms with Gasteiger partial charge in [0.1, 0.15) is 26.4 Å². The third kappa shape index (κ3) is 9.98. The molecule has 9 nitrogen and oxygen atoms in total. The van der Waals surface area contributed by atoms with Gasteiger partial charge in [0.25, 0.3) is 6.02 Å². The predicted octanol–water partition coefficient (Wildman–Crippen LogP) is 0.559. The molecule has 0 saturated heterocycles. The van der Waals surface area contributed by atoms with Crippen LogP contribution in [-0.2, 0) is 28.5 Å². The van der Waals surface area contributed by atoms with E-state index in [1.54, 1.807) is 0 Å². The number of nitrogens with two attached hydrogens (primary N) is 1. The summed E-state index contributed by atoms with van der Waals surface area (Å²) in [7, 11) is 1.45. The van der Waals surface area contributed by atoms with Crippen molar-refractivity contribution >= 4 is 24.0 Å². The van der Waals surface area contributed by atoms with E-state index < -0.39 is 11.9 Å². The van der Waals surface area contributed by atoms with Crippen LogP contribution in [0, 0.1) is 0 Å². The summed E-state index contributed by atoms with van der Waals surface area (Å²) in [4.78, 5) is 29.8. The fourth-order valence-electron chi connectivity index (χ4n) is 1.07. The van der Waals surface area contributed by atoms with E-state index >= 15 is 0 Å². The number of hydrogen-bond acceptors (Lipinski definition) is 7. The zero-order valence-electron chi connectivity index (χ0n) is 14.2. The highest BCUT2D eigenvalue weighted by Gasteiger charge is 2.06. The Hall–Kier alpha value is -2.84. The first-order valence-electron chi connectivity index (χ1n) is 6.99. The smallest absolute Gasteiger partial charge is 0.333 e. The highest BCUT2D eigenvalue weighted by Crippen LogP contribution is 1.94. The molecule has 0 saturated carbocycles. The largest absolute Gasteiger partial charge is 0.461 e. The fraction of sp³-hybridized carbons (Fsp3) is 0.467. The standard InChI is InChI=1S/C15H23N3O6/c1-10(2)12(19)21-6-8-23-14(16)18-15(17-5)24-9-7-22-13(20)11(3)4/h1,3,6-9H2,2,4-5H3,(H2,16,17,18). The van der Waals surface area contributed by atoms with E-state index in [0.717, 1.165) is 0 Å². The first-order chi connectivity index (χ1) is 11.3. The van der Waals surface area contributed by atoms with Gasteiger partial charge in [0.15, 0.2) is 0 Å². The van der Waals surface area contributed by atoms with E-state index in [1.165, 1.54) is 20.9 Å². The first kappa shape index (κ1) is 21.2. The molecule has 0 radical (unpaired) electrons. The van der Waals surface area contributed by atoms with Crippen LogP contribution in [0.2, 0.25) is 0 Å². The minimum absolute atomic E-state index is 0.00176. The van der Waals surface area contributed by atoms with Crippen molar-refractivity contribution in [1.82, 2.24) is 0 Å². The molecule has 0 aromatic carbocycles. The van der Waals surface area contributed by atoms with Gasteiger partial charge in [0.05, 0.1) is 0 Å². The third-order valence-corrected chi connectivity index (χ3v) is 2.21. The van der Waals surface area contributed by atoms with E-state index in [4.69, 9.17) is 24.7 Å². The van der Waals surface area contributed by atoms with Crippen LogP contribution in [0.4, 0.5) is 0 Å². The van der Waals surface area contributed by atoms with Crippen molar-refractivity contribution in [2.45, 2.75) is 13.8 Å². The van der Waals surface area contributed by atoms with E-state index in [0.29, 0.717) is 5.57 Å². The maximum Gasteiger partial charge on any atom is 0.333 e. The van der Waals surface area contributed by atoms with Crippen LogP contribution >= 0.6 is 0 Å². The van der Waals surface area contributed by atoms with Gasteiger partial charge in [-0.3, -0.25) is 0 Å². The number of esters is 2. The summed E-state index contributed by atoms with van der Waals surface area (Å²) in [6.45, 7) is 10.0. The van der Waals surface area contributed by atoms with Crippen molar-refractivity contribution in [2.75, 3.05) is 33.5 Å². The van der Waals surface area contributed by atoms with Crippen LogP contribution in [0.25, 0.3) is 0 Å². The van der Waals surface area contributed by atoms with Gasteiger partial charge < -0.3 is 24.7 Å². The molecule has 0 aromatic heterocycles. The SMILES string of the molecule is C=C(C)C(=O)OCCOC(=NC)/N=C(\N)OCCOC(=O)C(=C)C. The van der Waals surface area contributed by atoms with Crippen molar-refractivity contribution in [2.24, 2.45) is 15.7 Å². The Kier molecular flexibility index (Phi) is 10.3. The second-order valence-electron chi connectivity index (χ2n) is 4.49. The van der Waals surface area contributed by atoms with Crippen LogP contribution in [0.1, 0.15) is 13.8 Å². The van der Waals surface area contributed by atoms with Gasteiger partial charge in [0, 0.05) is 18.2 Å². The minimum Gasteiger partial charge on any atom is -0.461 e. The van der Waals surface area contributed by atoms with Gasteiger partial charge in [0.2, 0.25) is 0 Å². The molecular formula is C15H23N3O6. The molecule has 0 heterocycles. The molecular weight excluding hydrogens is 318 g/mol. The topological polar surface area (TPSA) is 122 Å². The third-order valence-electron chi connectivity index (χ3n) is 2.21. The summed E-state index contributed by atoms with van der Waals surface area (Å²) in [6.07, 6.45) is 0. The summed E-state index contributed by atoms with van der Waals surface area (Å²) in [5.41, 5.74) is 6.11. The molecule has 0 unspecified atom stereocenters. The van der Waals surface area contributed by atoms with Gasteiger partial charge in [-0.15, -0.1) is 4.99 Å². The lowest BCUT2D eigenvalue weighted by Crippen LogP contribution is -2.23. The molecule has 134 valence electrons. The van der Waals surface area contributed by atoms with Crippen molar-refractivity contribution in [3.05, 3.63) is 24.3 Å². The van der Waals surface area contributed by atoms with Crippen LogP contribution in [0.5, 0.6) is 0 Å². The number of nitrogens with zero attached hydrogens (tertiary/aromatic N) is 2. The molecule has 0 aromatic rings. The lowest BCUT2D eigenvalue weighted by Gasteiger charge is -2.08. The summed E-state index contributed by atoms with van der Waals surface area (Å²) in [6, 6.07) is -0.251. The quantitative estimate of drug-likeness (QED) is 0.225. The van der Waals surface area contributed by atoms with E-state index in [-0.39, 0.29) is 44.0 Å². The van der Waals surface area contributed by atoms with Gasteiger partial charge in [-0.05, 0) is 13.8 Å². The molecule has 24 heavy (non-hydrogen) atoms. The van der Waals surface area contributed by atoms with Crippen LogP contribution in [-0.4, -0.2) is 57.5 Å². The Morgan fingerprint density at radius 1 is 0.875 bits per heavy atom. The van der Waals surface area contributed by atoms with Crippen molar-refractivity contribution in [1.29, 1.82) is 0 Å². The average molecular weight is 341 g/mol. The van der Waals surface area contributed by atoms with E-state index in [2.05, 4.69) is 23.1 Å². The van der Waals surface area contributed by atoms with Crippen LogP contribution in [0.15, 0.2) is 34.3 Å². The summed E-state index contributed by atoms with van der Waals surface area (Å²) in [5, 5.41) is 0. The number of ether oxygens (including phenoxy) is 4. The Labute approximate surface area is 140 Å². The summed E-state index contributed by atoms with van der Waals surface area (Å²) >= 11 is 0. The molecule has 0 aliphatic carbocycles. The summed E-state index contributed by atoms with van der Waals surface area (Å²) in [5.74, 6) is -1.03. The molecule has 0 bridgehead atoms. The van der Waals surface area contributed by atoms with Crippen molar-refractivity contribution in [3.63, 3.8) is 0 Å². The van der Waals surface area contributed by atoms with Crippen molar-refractivity contribution in [3.8, 4) is 0 Å². The Morgan fingerprint density at radius 3 is 1.71 bits per heavy atom. The van der Waals surface area contributed by atoms with E-state index in [1.807, 2.05) is 0 Å². The van der Waals surface area contributed by atoms with E-state index in [9.17, 15) is 9.59 Å². The highest BCUT2D eigenvalue weighted by atomic mass is 16.6. The van der Waals surface area contributed by atoms with Crippen molar-refractivity contribution < 1.29 is 28.5 Å². The Bertz CT molecular complexity index is 539.